The van der Waals surface area contributed by atoms with Crippen LogP contribution in [0.3, 0.4) is 0 Å². The highest BCUT2D eigenvalue weighted by atomic mass is 16.5. The van der Waals surface area contributed by atoms with Crippen LogP contribution in [-0.4, -0.2) is 20.5 Å². The van der Waals surface area contributed by atoms with Crippen LogP contribution in [0.1, 0.15) is 40.0 Å². The van der Waals surface area contributed by atoms with E-state index in [9.17, 15) is 4.79 Å². The Morgan fingerprint density at radius 3 is 2.30 bits per heavy atom. The molecule has 0 fully saturated rings. The Bertz CT molecular complexity index is 557. The van der Waals surface area contributed by atoms with Crippen molar-refractivity contribution >= 4 is 6.29 Å². The third kappa shape index (κ3) is 5.93. The van der Waals surface area contributed by atoms with Crippen LogP contribution in [0.25, 0.3) is 0 Å². The fourth-order valence-electron chi connectivity index (χ4n) is 2.86. The van der Waals surface area contributed by atoms with Crippen LogP contribution in [0.5, 0.6) is 0 Å². The van der Waals surface area contributed by atoms with Crippen LogP contribution in [0.4, 0.5) is 0 Å². The van der Waals surface area contributed by atoms with Crippen molar-refractivity contribution in [2.75, 3.05) is 14.2 Å². The monoisotopic (exact) mass is 316 g/mol. The van der Waals surface area contributed by atoms with Crippen molar-refractivity contribution in [2.24, 2.45) is 5.41 Å². The van der Waals surface area contributed by atoms with Gasteiger partial charge in [0, 0.05) is 6.08 Å². The molecule has 3 nitrogen and oxygen atoms in total. The van der Waals surface area contributed by atoms with Gasteiger partial charge in [-0.3, -0.25) is 4.79 Å². The van der Waals surface area contributed by atoms with Crippen LogP contribution in [-0.2, 0) is 14.3 Å². The molecule has 3 heteroatoms. The summed E-state index contributed by atoms with van der Waals surface area (Å²) in [5.41, 5.74) is 3.07. The smallest absolute Gasteiger partial charge is 0.146 e. The minimum absolute atomic E-state index is 0.212. The normalized spacial score (nSPS) is 19.5. The molecule has 0 unspecified atom stereocenters. The lowest BCUT2D eigenvalue weighted by Crippen LogP contribution is -2.19. The Balaban J connectivity index is 2.91. The van der Waals surface area contributed by atoms with Crippen LogP contribution < -0.4 is 0 Å². The Hall–Kier alpha value is -2.03. The topological polar surface area (TPSA) is 35.5 Å². The second-order valence-electron chi connectivity index (χ2n) is 6.31. The third-order valence-corrected chi connectivity index (χ3v) is 4.18. The highest BCUT2D eigenvalue weighted by Crippen LogP contribution is 2.40. The molecule has 1 aliphatic carbocycles. The largest absolute Gasteiger partial charge is 0.497 e. The second-order valence-corrected chi connectivity index (χ2v) is 6.31. The van der Waals surface area contributed by atoms with E-state index in [1.54, 1.807) is 19.3 Å². The highest BCUT2D eigenvalue weighted by molar-refractivity contribution is 5.66. The average Bonchev–Trinajstić information content (AvgIpc) is 2.51. The van der Waals surface area contributed by atoms with Gasteiger partial charge in [-0.2, -0.15) is 0 Å². The van der Waals surface area contributed by atoms with Gasteiger partial charge in [0.2, 0.25) is 0 Å². The quantitative estimate of drug-likeness (QED) is 0.290. The van der Waals surface area contributed by atoms with Gasteiger partial charge < -0.3 is 9.47 Å². The molecule has 0 radical (unpaired) electrons. The number of allylic oxidation sites excluding steroid dienone is 8. The molecule has 0 atom stereocenters. The molecule has 1 rings (SSSR count). The molecule has 0 aliphatic heterocycles. The molecule has 23 heavy (non-hydrogen) atoms. The maximum atomic E-state index is 10.4. The summed E-state index contributed by atoms with van der Waals surface area (Å²) in [4.78, 5) is 10.4. The van der Waals surface area contributed by atoms with Gasteiger partial charge in [0.05, 0.1) is 14.2 Å². The first kappa shape index (κ1) is 19.0. The first-order valence-corrected chi connectivity index (χ1v) is 7.94. The lowest BCUT2D eigenvalue weighted by molar-refractivity contribution is -0.104. The Kier molecular flexibility index (Phi) is 7.60. The molecule has 0 aromatic carbocycles. The lowest BCUT2D eigenvalue weighted by Gasteiger charge is -2.32. The fourth-order valence-corrected chi connectivity index (χ4v) is 2.86. The summed E-state index contributed by atoms with van der Waals surface area (Å²) in [6.45, 7) is 6.80. The SMILES string of the molecule is COC(/C=C/C=C(\C=C\C1=C(C)CCCC1(C)C)OC)=C/C=O. The third-order valence-electron chi connectivity index (χ3n) is 4.18. The fraction of sp³-hybridized carbons (Fsp3) is 0.450. The second kappa shape index (κ2) is 9.19. The standard InChI is InChI=1S/C20H28O3/c1-16-8-7-14-20(2,3)19(16)12-11-17(22-4)9-6-10-18(23-5)13-15-21/h6,9-13,15H,7-8,14H2,1-5H3/b10-6+,12-11+,17-9+,18-13+. The summed E-state index contributed by atoms with van der Waals surface area (Å²) in [7, 11) is 3.18. The molecule has 0 amide bonds. The van der Waals surface area contributed by atoms with E-state index in [2.05, 4.69) is 26.8 Å². The Labute approximate surface area is 140 Å². The number of hydrogen-bond donors (Lipinski definition) is 0. The minimum atomic E-state index is 0.212. The molecule has 0 saturated heterocycles. The van der Waals surface area contributed by atoms with Gasteiger partial charge in [0.15, 0.2) is 0 Å². The molecule has 0 heterocycles. The highest BCUT2D eigenvalue weighted by Gasteiger charge is 2.26. The van der Waals surface area contributed by atoms with Crippen molar-refractivity contribution in [1.82, 2.24) is 0 Å². The number of carbonyl (C=O) groups is 1. The molecule has 0 bridgehead atoms. The molecule has 0 aromatic heterocycles. The van der Waals surface area contributed by atoms with Crippen molar-refractivity contribution in [3.63, 3.8) is 0 Å². The van der Waals surface area contributed by atoms with E-state index in [1.165, 1.54) is 43.6 Å². The molecule has 0 aromatic rings. The summed E-state index contributed by atoms with van der Waals surface area (Å²) in [6.07, 6.45) is 15.2. The summed E-state index contributed by atoms with van der Waals surface area (Å²) >= 11 is 0. The van der Waals surface area contributed by atoms with Crippen molar-refractivity contribution in [2.45, 2.75) is 40.0 Å². The van der Waals surface area contributed by atoms with Crippen LogP contribution >= 0.6 is 0 Å². The van der Waals surface area contributed by atoms with E-state index in [-0.39, 0.29) is 5.41 Å². The summed E-state index contributed by atoms with van der Waals surface area (Å²) in [5.74, 6) is 1.26. The van der Waals surface area contributed by atoms with E-state index in [4.69, 9.17) is 9.47 Å². The summed E-state index contributed by atoms with van der Waals surface area (Å²) in [5, 5.41) is 0. The molecular weight excluding hydrogens is 288 g/mol. The van der Waals surface area contributed by atoms with E-state index in [1.807, 2.05) is 12.2 Å². The molecule has 0 saturated carbocycles. The zero-order valence-electron chi connectivity index (χ0n) is 14.9. The van der Waals surface area contributed by atoms with E-state index >= 15 is 0 Å². The number of hydrogen-bond acceptors (Lipinski definition) is 3. The first-order chi connectivity index (χ1) is 10.9. The van der Waals surface area contributed by atoms with Gasteiger partial charge in [-0.05, 0) is 55.4 Å². The average molecular weight is 316 g/mol. The zero-order chi connectivity index (χ0) is 17.3. The number of carbonyl (C=O) groups excluding carboxylic acids is 1. The Morgan fingerprint density at radius 2 is 1.74 bits per heavy atom. The summed E-state index contributed by atoms with van der Waals surface area (Å²) < 4.78 is 10.4. The van der Waals surface area contributed by atoms with Crippen molar-refractivity contribution in [3.05, 3.63) is 59.1 Å². The molecule has 1 aliphatic rings. The number of ether oxygens (including phenoxy) is 2. The zero-order valence-corrected chi connectivity index (χ0v) is 14.9. The lowest BCUT2D eigenvalue weighted by atomic mass is 9.72. The molecule has 0 N–H and O–H groups in total. The van der Waals surface area contributed by atoms with Gasteiger partial charge in [0.1, 0.15) is 17.8 Å². The number of rotatable bonds is 7. The summed E-state index contributed by atoms with van der Waals surface area (Å²) in [6, 6.07) is 0. The predicted molar refractivity (Wildman–Crippen MR) is 94.9 cm³/mol. The number of methoxy groups -OCH3 is 2. The van der Waals surface area contributed by atoms with Crippen LogP contribution in [0.2, 0.25) is 0 Å². The van der Waals surface area contributed by atoms with E-state index in [0.717, 1.165) is 5.76 Å². The molecule has 126 valence electrons. The van der Waals surface area contributed by atoms with Crippen molar-refractivity contribution in [1.29, 1.82) is 0 Å². The van der Waals surface area contributed by atoms with Crippen LogP contribution in [0, 0.1) is 5.41 Å². The predicted octanol–water partition coefficient (Wildman–Crippen LogP) is 4.88. The molecule has 0 spiro atoms. The van der Waals surface area contributed by atoms with Gasteiger partial charge in [-0.25, -0.2) is 0 Å². The minimum Gasteiger partial charge on any atom is -0.497 e. The van der Waals surface area contributed by atoms with Crippen molar-refractivity contribution in [3.8, 4) is 0 Å². The van der Waals surface area contributed by atoms with Crippen molar-refractivity contribution < 1.29 is 14.3 Å². The first-order valence-electron chi connectivity index (χ1n) is 7.94. The van der Waals surface area contributed by atoms with Gasteiger partial charge >= 0.3 is 0 Å². The molecular formula is C20H28O3. The van der Waals surface area contributed by atoms with E-state index in [0.29, 0.717) is 12.0 Å². The van der Waals surface area contributed by atoms with E-state index < -0.39 is 0 Å². The van der Waals surface area contributed by atoms with Gasteiger partial charge in [0.25, 0.3) is 0 Å². The number of aldehydes is 1. The van der Waals surface area contributed by atoms with Gasteiger partial charge in [-0.1, -0.05) is 31.6 Å². The van der Waals surface area contributed by atoms with Crippen LogP contribution in [0.15, 0.2) is 59.1 Å². The maximum Gasteiger partial charge on any atom is 0.146 e. The maximum absolute atomic E-state index is 10.4. The van der Waals surface area contributed by atoms with Gasteiger partial charge in [-0.15, -0.1) is 0 Å². The Morgan fingerprint density at radius 1 is 1.09 bits per heavy atom.